The SMILES string of the molecule is C=CC[C@H](CN(C)C(=O)c1cc(F)cc2c1CCCC2)c1ccc(F)cc1. The number of fused-ring (bicyclic) bond motifs is 1. The van der Waals surface area contributed by atoms with Gasteiger partial charge in [-0.1, -0.05) is 18.2 Å². The van der Waals surface area contributed by atoms with E-state index in [4.69, 9.17) is 0 Å². The van der Waals surface area contributed by atoms with Crippen molar-refractivity contribution in [3.63, 3.8) is 0 Å². The molecular formula is C23H25F2NO. The lowest BCUT2D eigenvalue weighted by Crippen LogP contribution is -2.32. The number of aryl methyl sites for hydroxylation is 1. The lowest BCUT2D eigenvalue weighted by Gasteiger charge is -2.26. The lowest BCUT2D eigenvalue weighted by atomic mass is 9.87. The van der Waals surface area contributed by atoms with E-state index < -0.39 is 0 Å². The van der Waals surface area contributed by atoms with Crippen molar-refractivity contribution in [3.05, 3.63) is 82.9 Å². The van der Waals surface area contributed by atoms with Crippen LogP contribution in [0.5, 0.6) is 0 Å². The molecule has 0 fully saturated rings. The third kappa shape index (κ3) is 4.44. The van der Waals surface area contributed by atoms with Crippen LogP contribution in [0.25, 0.3) is 0 Å². The molecule has 0 radical (unpaired) electrons. The van der Waals surface area contributed by atoms with Crippen LogP contribution in [0.1, 0.15) is 52.2 Å². The summed E-state index contributed by atoms with van der Waals surface area (Å²) in [7, 11) is 1.74. The van der Waals surface area contributed by atoms with Crippen molar-refractivity contribution in [2.75, 3.05) is 13.6 Å². The summed E-state index contributed by atoms with van der Waals surface area (Å²) >= 11 is 0. The van der Waals surface area contributed by atoms with Crippen LogP contribution in [0.2, 0.25) is 0 Å². The van der Waals surface area contributed by atoms with Gasteiger partial charge in [0.2, 0.25) is 0 Å². The van der Waals surface area contributed by atoms with Crippen molar-refractivity contribution in [3.8, 4) is 0 Å². The van der Waals surface area contributed by atoms with Gasteiger partial charge in [0.1, 0.15) is 11.6 Å². The monoisotopic (exact) mass is 369 g/mol. The van der Waals surface area contributed by atoms with Crippen molar-refractivity contribution < 1.29 is 13.6 Å². The highest BCUT2D eigenvalue weighted by Crippen LogP contribution is 2.28. The Morgan fingerprint density at radius 3 is 2.56 bits per heavy atom. The van der Waals surface area contributed by atoms with E-state index in [1.54, 1.807) is 36.2 Å². The van der Waals surface area contributed by atoms with Gasteiger partial charge in [0.15, 0.2) is 0 Å². The molecule has 0 spiro atoms. The first-order valence-electron chi connectivity index (χ1n) is 9.42. The van der Waals surface area contributed by atoms with Crippen LogP contribution in [0.4, 0.5) is 8.78 Å². The minimum absolute atomic E-state index is 0.0152. The Kier molecular flexibility index (Phi) is 6.04. The molecule has 0 unspecified atom stereocenters. The number of amides is 1. The molecule has 1 aliphatic rings. The second-order valence-electron chi connectivity index (χ2n) is 7.26. The molecule has 2 nitrogen and oxygen atoms in total. The maximum atomic E-state index is 14.0. The number of carbonyl (C=O) groups excluding carboxylic acids is 1. The van der Waals surface area contributed by atoms with E-state index in [0.717, 1.165) is 42.4 Å². The molecule has 0 aliphatic heterocycles. The molecule has 27 heavy (non-hydrogen) atoms. The van der Waals surface area contributed by atoms with Gasteiger partial charge >= 0.3 is 0 Å². The number of hydrogen-bond donors (Lipinski definition) is 0. The van der Waals surface area contributed by atoms with Crippen LogP contribution < -0.4 is 0 Å². The maximum Gasteiger partial charge on any atom is 0.254 e. The molecule has 2 aromatic carbocycles. The first-order valence-corrected chi connectivity index (χ1v) is 9.42. The van der Waals surface area contributed by atoms with Crippen LogP contribution in [0.3, 0.4) is 0 Å². The van der Waals surface area contributed by atoms with Gasteiger partial charge in [-0.3, -0.25) is 4.79 Å². The predicted molar refractivity (Wildman–Crippen MR) is 104 cm³/mol. The average molecular weight is 369 g/mol. The zero-order chi connectivity index (χ0) is 19.4. The van der Waals surface area contributed by atoms with Crippen molar-refractivity contribution >= 4 is 5.91 Å². The standard InChI is InChI=1S/C23H25F2NO/c1-3-6-18(16-9-11-19(24)12-10-16)15-26(2)23(27)22-14-20(25)13-17-7-4-5-8-21(17)22/h3,9-14,18H,1,4-8,15H2,2H3/t18-/m1/s1. The Morgan fingerprint density at radius 2 is 1.85 bits per heavy atom. The summed E-state index contributed by atoms with van der Waals surface area (Å²) in [5.41, 5.74) is 3.38. The van der Waals surface area contributed by atoms with E-state index in [0.29, 0.717) is 18.5 Å². The molecule has 1 aliphatic carbocycles. The minimum atomic E-state index is -0.353. The van der Waals surface area contributed by atoms with E-state index in [1.807, 2.05) is 0 Å². The van der Waals surface area contributed by atoms with Crippen LogP contribution >= 0.6 is 0 Å². The summed E-state index contributed by atoms with van der Waals surface area (Å²) < 4.78 is 27.3. The molecule has 3 rings (SSSR count). The fourth-order valence-electron chi connectivity index (χ4n) is 3.89. The first kappa shape index (κ1) is 19.3. The molecule has 0 bridgehead atoms. The van der Waals surface area contributed by atoms with Gasteiger partial charge in [-0.05, 0) is 73.1 Å². The van der Waals surface area contributed by atoms with E-state index in [-0.39, 0.29) is 23.5 Å². The maximum absolute atomic E-state index is 14.0. The van der Waals surface area contributed by atoms with Crippen LogP contribution in [-0.2, 0) is 12.8 Å². The molecule has 0 saturated carbocycles. The fraction of sp³-hybridized carbons (Fsp3) is 0.348. The van der Waals surface area contributed by atoms with Gasteiger partial charge in [0.05, 0.1) is 0 Å². The smallest absolute Gasteiger partial charge is 0.254 e. The summed E-state index contributed by atoms with van der Waals surface area (Å²) in [5.74, 6) is -0.786. The highest BCUT2D eigenvalue weighted by molar-refractivity contribution is 5.96. The molecule has 0 aromatic heterocycles. The predicted octanol–water partition coefficient (Wildman–Crippen LogP) is 5.28. The van der Waals surface area contributed by atoms with E-state index in [2.05, 4.69) is 6.58 Å². The van der Waals surface area contributed by atoms with E-state index in [1.165, 1.54) is 18.2 Å². The summed E-state index contributed by atoms with van der Waals surface area (Å²) in [5, 5.41) is 0. The van der Waals surface area contributed by atoms with Gasteiger partial charge in [-0.15, -0.1) is 6.58 Å². The number of halogens is 2. The fourth-order valence-corrected chi connectivity index (χ4v) is 3.89. The van der Waals surface area contributed by atoms with Gasteiger partial charge < -0.3 is 4.90 Å². The highest BCUT2D eigenvalue weighted by atomic mass is 19.1. The quantitative estimate of drug-likeness (QED) is 0.635. The number of hydrogen-bond acceptors (Lipinski definition) is 1. The largest absolute Gasteiger partial charge is 0.341 e. The third-order valence-corrected chi connectivity index (χ3v) is 5.29. The molecule has 1 atom stereocenters. The number of allylic oxidation sites excluding steroid dienone is 1. The molecule has 142 valence electrons. The number of rotatable bonds is 6. The Balaban J connectivity index is 1.83. The summed E-state index contributed by atoms with van der Waals surface area (Å²) in [4.78, 5) is 14.7. The molecule has 0 N–H and O–H groups in total. The van der Waals surface area contributed by atoms with Crippen LogP contribution in [0, 0.1) is 11.6 Å². The molecule has 1 amide bonds. The van der Waals surface area contributed by atoms with Crippen LogP contribution in [0.15, 0.2) is 49.1 Å². The summed E-state index contributed by atoms with van der Waals surface area (Å²) in [6, 6.07) is 9.26. The van der Waals surface area contributed by atoms with Crippen molar-refractivity contribution in [2.24, 2.45) is 0 Å². The second-order valence-corrected chi connectivity index (χ2v) is 7.26. The molecule has 0 saturated heterocycles. The van der Waals surface area contributed by atoms with Crippen LogP contribution in [-0.4, -0.2) is 24.4 Å². The first-order chi connectivity index (χ1) is 13.0. The number of nitrogens with zero attached hydrogens (tertiary/aromatic N) is 1. The normalized spacial score (nSPS) is 14.3. The Labute approximate surface area is 159 Å². The average Bonchev–Trinajstić information content (AvgIpc) is 2.67. The molecular weight excluding hydrogens is 344 g/mol. The Bertz CT molecular complexity index is 829. The zero-order valence-electron chi connectivity index (χ0n) is 15.7. The van der Waals surface area contributed by atoms with Gasteiger partial charge in [-0.2, -0.15) is 0 Å². The van der Waals surface area contributed by atoms with Crippen molar-refractivity contribution in [1.29, 1.82) is 0 Å². The summed E-state index contributed by atoms with van der Waals surface area (Å²) in [6.07, 6.45) is 6.18. The summed E-state index contributed by atoms with van der Waals surface area (Å²) in [6.45, 7) is 4.26. The molecule has 0 heterocycles. The number of benzene rings is 2. The topological polar surface area (TPSA) is 20.3 Å². The van der Waals surface area contributed by atoms with Crippen molar-refractivity contribution in [2.45, 2.75) is 38.0 Å². The number of carbonyl (C=O) groups is 1. The van der Waals surface area contributed by atoms with E-state index in [9.17, 15) is 13.6 Å². The Hall–Kier alpha value is -2.49. The minimum Gasteiger partial charge on any atom is -0.341 e. The Morgan fingerprint density at radius 1 is 1.15 bits per heavy atom. The molecule has 2 aromatic rings. The van der Waals surface area contributed by atoms with Gasteiger partial charge in [0.25, 0.3) is 5.91 Å². The zero-order valence-corrected chi connectivity index (χ0v) is 15.7. The molecule has 4 heteroatoms. The van der Waals surface area contributed by atoms with E-state index >= 15 is 0 Å². The van der Waals surface area contributed by atoms with Gasteiger partial charge in [0, 0.05) is 25.1 Å². The van der Waals surface area contributed by atoms with Gasteiger partial charge in [-0.25, -0.2) is 8.78 Å². The lowest BCUT2D eigenvalue weighted by molar-refractivity contribution is 0.0784. The number of likely N-dealkylation sites (N-methyl/N-ethyl adjacent to an activating group) is 1. The van der Waals surface area contributed by atoms with Crippen molar-refractivity contribution in [1.82, 2.24) is 4.90 Å². The highest BCUT2D eigenvalue weighted by Gasteiger charge is 2.23. The second kappa shape index (κ2) is 8.47. The third-order valence-electron chi connectivity index (χ3n) is 5.29.